The molecule has 0 spiro atoms. The lowest BCUT2D eigenvalue weighted by atomic mass is 10.2. The number of urea groups is 1. The minimum absolute atomic E-state index is 0.264. The van der Waals surface area contributed by atoms with E-state index in [0.29, 0.717) is 6.54 Å². The Labute approximate surface area is 151 Å². The molecule has 2 amide bonds. The van der Waals surface area contributed by atoms with Crippen LogP contribution in [0, 0.1) is 0 Å². The number of hydrogen-bond acceptors (Lipinski definition) is 2. The second-order valence-corrected chi connectivity index (χ2v) is 6.21. The highest BCUT2D eigenvalue weighted by atomic mass is 16.2. The number of aromatic nitrogens is 3. The summed E-state index contributed by atoms with van der Waals surface area (Å²) in [6.07, 6.45) is 7.43. The van der Waals surface area contributed by atoms with Crippen molar-refractivity contribution >= 4 is 28.3 Å². The molecule has 0 radical (unpaired) electrons. The standard InChI is InChI=1S/C20H19N5O/c1-24-9-7-16-12-18(5-6-19(16)24)23-20(26)22-17-4-2-3-15(11-17)13-25-10-8-21-14-25/h2-12,14H,13H2,1H3,(H2,22,23,26). The number of rotatable bonds is 4. The number of carbonyl (C=O) groups excluding carboxylic acids is 1. The molecule has 0 aliphatic rings. The summed E-state index contributed by atoms with van der Waals surface area (Å²) < 4.78 is 4.03. The largest absolute Gasteiger partial charge is 0.351 e. The molecular weight excluding hydrogens is 326 g/mol. The van der Waals surface area contributed by atoms with Crippen molar-refractivity contribution in [2.24, 2.45) is 7.05 Å². The van der Waals surface area contributed by atoms with E-state index >= 15 is 0 Å². The molecule has 0 saturated carbocycles. The second-order valence-electron chi connectivity index (χ2n) is 6.21. The van der Waals surface area contributed by atoms with Crippen molar-refractivity contribution in [2.45, 2.75) is 6.54 Å². The number of aryl methyl sites for hydroxylation is 1. The van der Waals surface area contributed by atoms with E-state index in [2.05, 4.69) is 15.6 Å². The molecule has 2 N–H and O–H groups in total. The molecule has 2 aromatic carbocycles. The summed E-state index contributed by atoms with van der Waals surface area (Å²) in [5.41, 5.74) is 3.73. The Bertz CT molecular complexity index is 1050. The van der Waals surface area contributed by atoms with E-state index in [9.17, 15) is 4.79 Å². The number of imidazole rings is 1. The highest BCUT2D eigenvalue weighted by molar-refractivity contribution is 6.01. The maximum absolute atomic E-state index is 12.3. The summed E-state index contributed by atoms with van der Waals surface area (Å²) in [6, 6.07) is 15.4. The Morgan fingerprint density at radius 3 is 2.69 bits per heavy atom. The van der Waals surface area contributed by atoms with Gasteiger partial charge in [-0.25, -0.2) is 9.78 Å². The van der Waals surface area contributed by atoms with Crippen LogP contribution in [0.15, 0.2) is 73.4 Å². The number of carbonyl (C=O) groups is 1. The van der Waals surface area contributed by atoms with Gasteiger partial charge in [-0.3, -0.25) is 0 Å². The zero-order valence-electron chi connectivity index (χ0n) is 14.4. The summed E-state index contributed by atoms with van der Waals surface area (Å²) in [6.45, 7) is 0.710. The van der Waals surface area contributed by atoms with Gasteiger partial charge in [0, 0.05) is 54.5 Å². The molecule has 0 bridgehead atoms. The Morgan fingerprint density at radius 1 is 1.04 bits per heavy atom. The van der Waals surface area contributed by atoms with Crippen LogP contribution >= 0.6 is 0 Å². The van der Waals surface area contributed by atoms with Gasteiger partial charge >= 0.3 is 6.03 Å². The number of benzene rings is 2. The zero-order chi connectivity index (χ0) is 17.9. The quantitative estimate of drug-likeness (QED) is 0.586. The van der Waals surface area contributed by atoms with E-state index < -0.39 is 0 Å². The highest BCUT2D eigenvalue weighted by Gasteiger charge is 2.05. The molecule has 0 unspecified atom stereocenters. The molecule has 0 aliphatic carbocycles. The Balaban J connectivity index is 1.43. The Morgan fingerprint density at radius 2 is 1.88 bits per heavy atom. The molecule has 4 rings (SSSR count). The first-order valence-corrected chi connectivity index (χ1v) is 8.35. The molecule has 0 fully saturated rings. The lowest BCUT2D eigenvalue weighted by Crippen LogP contribution is -2.19. The van der Waals surface area contributed by atoms with Crippen LogP contribution in [-0.4, -0.2) is 20.1 Å². The van der Waals surface area contributed by atoms with Crippen LogP contribution in [0.1, 0.15) is 5.56 Å². The average Bonchev–Trinajstić information content (AvgIpc) is 3.25. The number of nitrogens with zero attached hydrogens (tertiary/aromatic N) is 3. The number of hydrogen-bond donors (Lipinski definition) is 2. The van der Waals surface area contributed by atoms with Crippen molar-refractivity contribution in [1.82, 2.24) is 14.1 Å². The van der Waals surface area contributed by atoms with E-state index in [1.165, 1.54) is 0 Å². The van der Waals surface area contributed by atoms with Crippen molar-refractivity contribution in [1.29, 1.82) is 0 Å². The SMILES string of the molecule is Cn1ccc2cc(NC(=O)Nc3cccc(Cn4ccnc4)c3)ccc21. The van der Waals surface area contributed by atoms with Gasteiger partial charge in [0.15, 0.2) is 0 Å². The summed E-state index contributed by atoms with van der Waals surface area (Å²) >= 11 is 0. The van der Waals surface area contributed by atoms with Crippen LogP contribution in [0.4, 0.5) is 16.2 Å². The van der Waals surface area contributed by atoms with Crippen LogP contribution in [0.25, 0.3) is 10.9 Å². The number of amides is 2. The van der Waals surface area contributed by atoms with Gasteiger partial charge in [-0.1, -0.05) is 12.1 Å². The first-order valence-electron chi connectivity index (χ1n) is 8.35. The van der Waals surface area contributed by atoms with Crippen molar-refractivity contribution in [3.05, 3.63) is 79.0 Å². The van der Waals surface area contributed by atoms with E-state index in [4.69, 9.17) is 0 Å². The molecule has 0 atom stereocenters. The monoisotopic (exact) mass is 345 g/mol. The molecule has 0 aliphatic heterocycles. The minimum Gasteiger partial charge on any atom is -0.351 e. The summed E-state index contributed by atoms with van der Waals surface area (Å²) in [5, 5.41) is 6.86. The van der Waals surface area contributed by atoms with Crippen molar-refractivity contribution in [3.63, 3.8) is 0 Å². The van der Waals surface area contributed by atoms with Crippen LogP contribution in [0.2, 0.25) is 0 Å². The van der Waals surface area contributed by atoms with Gasteiger partial charge in [0.1, 0.15) is 0 Å². The van der Waals surface area contributed by atoms with Crippen molar-refractivity contribution in [3.8, 4) is 0 Å². The summed E-state index contributed by atoms with van der Waals surface area (Å²) in [4.78, 5) is 16.3. The summed E-state index contributed by atoms with van der Waals surface area (Å²) in [7, 11) is 2.00. The van der Waals surface area contributed by atoms with E-state index in [1.54, 1.807) is 12.5 Å². The molecule has 26 heavy (non-hydrogen) atoms. The van der Waals surface area contributed by atoms with Crippen LogP contribution < -0.4 is 10.6 Å². The lowest BCUT2D eigenvalue weighted by molar-refractivity contribution is 0.262. The van der Waals surface area contributed by atoms with Gasteiger partial charge in [0.25, 0.3) is 0 Å². The average molecular weight is 345 g/mol. The topological polar surface area (TPSA) is 63.9 Å². The molecule has 4 aromatic rings. The first-order chi connectivity index (χ1) is 12.7. The predicted molar refractivity (Wildman–Crippen MR) is 103 cm³/mol. The van der Waals surface area contributed by atoms with Gasteiger partial charge in [-0.05, 0) is 42.0 Å². The minimum atomic E-state index is -0.264. The van der Waals surface area contributed by atoms with Gasteiger partial charge in [0.05, 0.1) is 6.33 Å². The molecule has 2 aromatic heterocycles. The van der Waals surface area contributed by atoms with Gasteiger partial charge in [-0.15, -0.1) is 0 Å². The highest BCUT2D eigenvalue weighted by Crippen LogP contribution is 2.20. The molecular formula is C20H19N5O. The van der Waals surface area contributed by atoms with Gasteiger partial charge in [0.2, 0.25) is 0 Å². The van der Waals surface area contributed by atoms with E-state index in [0.717, 1.165) is 27.8 Å². The van der Waals surface area contributed by atoms with Crippen molar-refractivity contribution in [2.75, 3.05) is 10.6 Å². The smallest absolute Gasteiger partial charge is 0.323 e. The zero-order valence-corrected chi connectivity index (χ0v) is 14.4. The molecule has 0 saturated heterocycles. The fourth-order valence-electron chi connectivity index (χ4n) is 2.99. The normalized spacial score (nSPS) is 10.8. The first kappa shape index (κ1) is 16.0. The van der Waals surface area contributed by atoms with Crippen LogP contribution in [0.3, 0.4) is 0 Å². The van der Waals surface area contributed by atoms with Crippen LogP contribution in [-0.2, 0) is 13.6 Å². The molecule has 6 heteroatoms. The third kappa shape index (κ3) is 3.44. The molecule has 6 nitrogen and oxygen atoms in total. The maximum Gasteiger partial charge on any atom is 0.323 e. The third-order valence-electron chi connectivity index (χ3n) is 4.25. The van der Waals surface area contributed by atoms with Gasteiger partial charge in [-0.2, -0.15) is 0 Å². The molecule has 130 valence electrons. The van der Waals surface area contributed by atoms with Crippen molar-refractivity contribution < 1.29 is 4.79 Å². The molecule has 2 heterocycles. The number of fused-ring (bicyclic) bond motifs is 1. The number of anilines is 2. The third-order valence-corrected chi connectivity index (χ3v) is 4.25. The maximum atomic E-state index is 12.3. The fourth-order valence-corrected chi connectivity index (χ4v) is 2.99. The Hall–Kier alpha value is -3.54. The second kappa shape index (κ2) is 6.76. The van der Waals surface area contributed by atoms with Crippen LogP contribution in [0.5, 0.6) is 0 Å². The fraction of sp³-hybridized carbons (Fsp3) is 0.100. The van der Waals surface area contributed by atoms with E-state index in [1.807, 2.05) is 77.1 Å². The lowest BCUT2D eigenvalue weighted by Gasteiger charge is -2.10. The van der Waals surface area contributed by atoms with Gasteiger partial charge < -0.3 is 19.8 Å². The summed E-state index contributed by atoms with van der Waals surface area (Å²) in [5.74, 6) is 0. The Kier molecular flexibility index (Phi) is 4.15. The predicted octanol–water partition coefficient (Wildman–Crippen LogP) is 4.07. The van der Waals surface area contributed by atoms with E-state index in [-0.39, 0.29) is 6.03 Å². The number of nitrogens with one attached hydrogen (secondary N) is 2.